The molecule has 2 aromatic heterocycles. The van der Waals surface area contributed by atoms with Gasteiger partial charge >= 0.3 is 12.3 Å². The molecular weight excluding hydrogens is 563 g/mol. The highest BCUT2D eigenvalue weighted by Gasteiger charge is 2.79. The van der Waals surface area contributed by atoms with Crippen LogP contribution in [0.4, 0.5) is 23.8 Å². The second-order valence-corrected chi connectivity index (χ2v) is 12.5. The third-order valence-electron chi connectivity index (χ3n) is 8.42. The van der Waals surface area contributed by atoms with Gasteiger partial charge in [0.05, 0.1) is 29.4 Å². The molecule has 3 fully saturated rings. The molecule has 1 aliphatic heterocycles. The van der Waals surface area contributed by atoms with Crippen LogP contribution in [0.2, 0.25) is 5.02 Å². The third-order valence-corrected chi connectivity index (χ3v) is 8.86. The molecule has 3 aliphatic rings. The van der Waals surface area contributed by atoms with Gasteiger partial charge in [-0.15, -0.1) is 0 Å². The number of fused-ring (bicyclic) bond motifs is 1. The van der Waals surface area contributed by atoms with E-state index in [0.29, 0.717) is 24.6 Å². The Bertz CT molecular complexity index is 1580. The number of nitrogen functional groups attached to an aromatic ring is 1. The van der Waals surface area contributed by atoms with E-state index < -0.39 is 28.3 Å². The zero-order valence-electron chi connectivity index (χ0n) is 22.6. The molecule has 6 rings (SSSR count). The van der Waals surface area contributed by atoms with Crippen LogP contribution >= 0.6 is 11.6 Å². The summed E-state index contributed by atoms with van der Waals surface area (Å²) in [5, 5.41) is 8.51. The number of carbonyl (C=O) groups is 2. The number of alkyl halides is 3. The van der Waals surface area contributed by atoms with E-state index in [0.717, 1.165) is 12.5 Å². The maximum absolute atomic E-state index is 13.3. The van der Waals surface area contributed by atoms with Gasteiger partial charge in [0, 0.05) is 30.3 Å². The first-order chi connectivity index (χ1) is 19.1. The molecule has 3 aromatic rings. The Morgan fingerprint density at radius 3 is 2.61 bits per heavy atom. The predicted molar refractivity (Wildman–Crippen MR) is 143 cm³/mol. The average molecular weight is 592 g/mol. The summed E-state index contributed by atoms with van der Waals surface area (Å²) in [5.41, 5.74) is 11.6. The monoisotopic (exact) mass is 591 g/mol. The highest BCUT2D eigenvalue weighted by atomic mass is 35.5. The fraction of sp³-hybridized carbons (Fsp3) is 0.481. The van der Waals surface area contributed by atoms with Crippen molar-refractivity contribution in [1.29, 1.82) is 0 Å². The van der Waals surface area contributed by atoms with E-state index >= 15 is 0 Å². The van der Waals surface area contributed by atoms with Gasteiger partial charge in [0.2, 0.25) is 0 Å². The van der Waals surface area contributed by atoms with E-state index in [1.54, 1.807) is 15.8 Å². The van der Waals surface area contributed by atoms with Gasteiger partial charge in [0.1, 0.15) is 22.7 Å². The van der Waals surface area contributed by atoms with Crippen LogP contribution in [0.15, 0.2) is 30.6 Å². The number of amides is 2. The van der Waals surface area contributed by atoms with E-state index in [1.807, 2.05) is 20.8 Å². The van der Waals surface area contributed by atoms with Gasteiger partial charge < -0.3 is 21.1 Å². The van der Waals surface area contributed by atoms with Gasteiger partial charge in [-0.3, -0.25) is 9.48 Å². The maximum atomic E-state index is 13.3. The van der Waals surface area contributed by atoms with Crippen molar-refractivity contribution in [3.8, 4) is 11.3 Å². The van der Waals surface area contributed by atoms with Crippen molar-refractivity contribution < 1.29 is 27.5 Å². The molecule has 41 heavy (non-hydrogen) atoms. The third kappa shape index (κ3) is 4.41. The molecule has 2 aliphatic carbocycles. The van der Waals surface area contributed by atoms with Gasteiger partial charge in [-0.25, -0.2) is 9.48 Å². The Labute approximate surface area is 238 Å². The number of hydrogen-bond donors (Lipinski definition) is 2. The lowest BCUT2D eigenvalue weighted by molar-refractivity contribution is -0.137. The molecule has 0 bridgehead atoms. The number of ether oxygens (including phenoxy) is 1. The number of nitrogens with zero attached hydrogens (tertiary/aromatic N) is 5. The topological polar surface area (TPSA) is 134 Å². The number of primary amides is 1. The van der Waals surface area contributed by atoms with E-state index in [9.17, 15) is 22.8 Å². The van der Waals surface area contributed by atoms with Crippen LogP contribution < -0.4 is 11.5 Å². The first kappa shape index (κ1) is 27.4. The first-order valence-corrected chi connectivity index (χ1v) is 13.5. The minimum absolute atomic E-state index is 0.00210. The Kier molecular flexibility index (Phi) is 5.94. The Morgan fingerprint density at radius 1 is 1.24 bits per heavy atom. The minimum Gasteiger partial charge on any atom is -0.444 e. The number of rotatable bonds is 5. The van der Waals surface area contributed by atoms with Crippen molar-refractivity contribution in [2.45, 2.75) is 51.6 Å². The van der Waals surface area contributed by atoms with Crippen molar-refractivity contribution in [3.05, 3.63) is 52.3 Å². The lowest BCUT2D eigenvalue weighted by Gasteiger charge is -2.37. The number of aromatic nitrogens is 4. The number of anilines is 1. The molecule has 1 spiro atoms. The van der Waals surface area contributed by atoms with Crippen molar-refractivity contribution in [1.82, 2.24) is 24.5 Å². The number of nitrogens with two attached hydrogens (primary N) is 2. The number of halogens is 4. The Morgan fingerprint density at radius 2 is 1.98 bits per heavy atom. The summed E-state index contributed by atoms with van der Waals surface area (Å²) in [4.78, 5) is 26.7. The largest absolute Gasteiger partial charge is 0.444 e. The van der Waals surface area contributed by atoms with Crippen LogP contribution in [0.1, 0.15) is 54.7 Å². The fourth-order valence-electron chi connectivity index (χ4n) is 6.66. The quantitative estimate of drug-likeness (QED) is 0.446. The molecule has 3 heterocycles. The van der Waals surface area contributed by atoms with E-state index in [4.69, 9.17) is 27.8 Å². The van der Waals surface area contributed by atoms with Crippen LogP contribution in [0.25, 0.3) is 11.3 Å². The fourth-order valence-corrected chi connectivity index (χ4v) is 6.96. The Hall–Kier alpha value is -3.74. The van der Waals surface area contributed by atoms with Gasteiger partial charge in [-0.1, -0.05) is 23.7 Å². The van der Waals surface area contributed by atoms with E-state index in [-0.39, 0.29) is 52.7 Å². The number of carbonyl (C=O) groups excluding carboxylic acids is 2. The van der Waals surface area contributed by atoms with Crippen LogP contribution in [-0.4, -0.2) is 55.2 Å². The highest BCUT2D eigenvalue weighted by Crippen LogP contribution is 2.79. The average Bonchev–Trinajstić information content (AvgIpc) is 3.34. The van der Waals surface area contributed by atoms with Crippen molar-refractivity contribution >= 4 is 29.4 Å². The molecule has 1 aromatic carbocycles. The molecule has 10 nitrogen and oxygen atoms in total. The van der Waals surface area contributed by atoms with Crippen LogP contribution in [0, 0.1) is 17.3 Å². The van der Waals surface area contributed by atoms with Gasteiger partial charge in [-0.05, 0) is 50.7 Å². The zero-order chi connectivity index (χ0) is 29.6. The lowest BCUT2D eigenvalue weighted by Crippen LogP contribution is -2.42. The molecule has 4 N–H and O–H groups in total. The molecule has 218 valence electrons. The molecule has 1 saturated heterocycles. The standard InChI is InChI=1S/C27H29ClF3N7O3/c1-25(2,3)41-24(40)36-11-16-19-17(7-26(16,19)12-36)38-22(32)18(23(33)39)21(35-38)14-8-34-37(10-14)9-13-5-4-6-15(20(13)28)27(29,30)31/h4-6,8,10,16-17,19H,7,9,11-12,32H2,1-3H3,(H2,33,39)/t16?,17-,19-,26+/m1/s1. The highest BCUT2D eigenvalue weighted by molar-refractivity contribution is 6.32. The molecule has 4 atom stereocenters. The Balaban J connectivity index is 1.21. The summed E-state index contributed by atoms with van der Waals surface area (Å²) < 4.78 is 48.4. The summed E-state index contributed by atoms with van der Waals surface area (Å²) >= 11 is 6.04. The van der Waals surface area contributed by atoms with Crippen LogP contribution in [-0.2, 0) is 17.5 Å². The van der Waals surface area contributed by atoms with Crippen molar-refractivity contribution in [2.24, 2.45) is 23.0 Å². The smallest absolute Gasteiger partial charge is 0.417 e. The predicted octanol–water partition coefficient (Wildman–Crippen LogP) is 4.58. The molecule has 14 heteroatoms. The van der Waals surface area contributed by atoms with Gasteiger partial charge in [-0.2, -0.15) is 23.4 Å². The second-order valence-electron chi connectivity index (χ2n) is 12.1. The van der Waals surface area contributed by atoms with Crippen LogP contribution in [0.5, 0.6) is 0 Å². The molecule has 1 unspecified atom stereocenters. The lowest BCUT2D eigenvalue weighted by atomic mass is 9.80. The zero-order valence-corrected chi connectivity index (χ0v) is 23.3. The minimum atomic E-state index is -4.59. The van der Waals surface area contributed by atoms with Gasteiger partial charge in [0.15, 0.2) is 0 Å². The molecule has 2 saturated carbocycles. The number of piperidine rings is 1. The van der Waals surface area contributed by atoms with E-state index in [2.05, 4.69) is 10.2 Å². The normalized spacial score (nSPS) is 25.0. The van der Waals surface area contributed by atoms with E-state index in [1.165, 1.54) is 23.0 Å². The SMILES string of the molecule is CC(C)(C)OC(=O)N1CC2[C@@H]3[C@H](n4nc(-c5cnn(Cc6cccc(C(F)(F)F)c6Cl)c5)c(C(N)=O)c4N)C[C@]23C1. The first-order valence-electron chi connectivity index (χ1n) is 13.1. The molecular formula is C27H29ClF3N7O3. The number of hydrogen-bond acceptors (Lipinski definition) is 6. The maximum Gasteiger partial charge on any atom is 0.417 e. The molecule has 0 radical (unpaired) electrons. The molecule has 2 amide bonds. The number of likely N-dealkylation sites (tertiary alicyclic amines) is 1. The van der Waals surface area contributed by atoms with Crippen LogP contribution in [0.3, 0.4) is 0 Å². The summed E-state index contributed by atoms with van der Waals surface area (Å²) in [5.74, 6) is -0.0414. The number of benzene rings is 1. The summed E-state index contributed by atoms with van der Waals surface area (Å²) in [7, 11) is 0. The summed E-state index contributed by atoms with van der Waals surface area (Å²) in [6.07, 6.45) is -1.15. The summed E-state index contributed by atoms with van der Waals surface area (Å²) in [6, 6.07) is 3.64. The second kappa shape index (κ2) is 8.88. The van der Waals surface area contributed by atoms with Gasteiger partial charge in [0.25, 0.3) is 5.91 Å². The summed E-state index contributed by atoms with van der Waals surface area (Å²) in [6.45, 7) is 6.67. The van der Waals surface area contributed by atoms with Crippen molar-refractivity contribution in [2.75, 3.05) is 18.8 Å². The van der Waals surface area contributed by atoms with Crippen molar-refractivity contribution in [3.63, 3.8) is 0 Å².